The molecule has 0 aromatic heterocycles. The molecular formula is C26H36IN5O. The summed E-state index contributed by atoms with van der Waals surface area (Å²) in [7, 11) is 1.87. The van der Waals surface area contributed by atoms with Crippen molar-refractivity contribution in [2.45, 2.75) is 45.3 Å². The number of hydrogen-bond donors (Lipinski definition) is 2. The largest absolute Gasteiger partial charge is 0.352 e. The summed E-state index contributed by atoms with van der Waals surface area (Å²) in [6, 6.07) is 19.5. The zero-order chi connectivity index (χ0) is 22.3. The van der Waals surface area contributed by atoms with Gasteiger partial charge in [0, 0.05) is 51.9 Å². The van der Waals surface area contributed by atoms with Crippen LogP contribution in [0, 0.1) is 5.92 Å². The van der Waals surface area contributed by atoms with Crippen molar-refractivity contribution in [1.29, 1.82) is 0 Å². The van der Waals surface area contributed by atoms with Gasteiger partial charge in [0.15, 0.2) is 5.96 Å². The minimum Gasteiger partial charge on any atom is -0.352 e. The van der Waals surface area contributed by atoms with Crippen molar-refractivity contribution >= 4 is 41.5 Å². The van der Waals surface area contributed by atoms with E-state index in [4.69, 9.17) is 0 Å². The van der Waals surface area contributed by atoms with Gasteiger partial charge in [0.2, 0.25) is 5.91 Å². The second-order valence-corrected chi connectivity index (χ2v) is 8.94. The number of fused-ring (bicyclic) bond motifs is 1. The fraction of sp³-hybridized carbons (Fsp3) is 0.462. The lowest BCUT2D eigenvalue weighted by Gasteiger charge is -2.48. The minimum atomic E-state index is -0.0532. The highest BCUT2D eigenvalue weighted by Crippen LogP contribution is 2.31. The highest BCUT2D eigenvalue weighted by molar-refractivity contribution is 14.0. The average molecular weight is 562 g/mol. The number of aliphatic imine (C=N–C) groups is 1. The van der Waals surface area contributed by atoms with Gasteiger partial charge in [-0.3, -0.25) is 14.7 Å². The van der Waals surface area contributed by atoms with Crippen molar-refractivity contribution in [1.82, 2.24) is 15.1 Å². The normalized spacial score (nSPS) is 21.0. The first kappa shape index (κ1) is 25.5. The number of nitrogens with zero attached hydrogens (tertiary/aromatic N) is 3. The molecule has 0 radical (unpaired) electrons. The zero-order valence-electron chi connectivity index (χ0n) is 19.7. The number of likely N-dealkylation sites (tertiary alicyclic amines) is 2. The second-order valence-electron chi connectivity index (χ2n) is 8.94. The molecule has 2 N–H and O–H groups in total. The number of benzene rings is 2. The highest BCUT2D eigenvalue weighted by atomic mass is 127. The van der Waals surface area contributed by atoms with E-state index in [9.17, 15) is 4.79 Å². The molecule has 2 unspecified atom stereocenters. The third kappa shape index (κ3) is 6.93. The summed E-state index contributed by atoms with van der Waals surface area (Å²) < 4.78 is 0. The van der Waals surface area contributed by atoms with Gasteiger partial charge in [-0.1, -0.05) is 42.5 Å². The third-order valence-corrected chi connectivity index (χ3v) is 6.62. The van der Waals surface area contributed by atoms with Gasteiger partial charge in [0.1, 0.15) is 0 Å². The number of amides is 1. The van der Waals surface area contributed by atoms with Crippen LogP contribution in [0.5, 0.6) is 0 Å². The van der Waals surface area contributed by atoms with Crippen molar-refractivity contribution in [2.24, 2.45) is 10.9 Å². The number of carbonyl (C=O) groups excluding carboxylic acids is 1. The van der Waals surface area contributed by atoms with Crippen LogP contribution in [0.25, 0.3) is 0 Å². The van der Waals surface area contributed by atoms with E-state index in [1.165, 1.54) is 38.3 Å². The van der Waals surface area contributed by atoms with E-state index in [1.54, 1.807) is 0 Å². The summed E-state index contributed by atoms with van der Waals surface area (Å²) in [4.78, 5) is 21.0. The van der Waals surface area contributed by atoms with Gasteiger partial charge in [0.05, 0.1) is 0 Å². The number of piperidine rings is 2. The van der Waals surface area contributed by atoms with Crippen LogP contribution in [0.4, 0.5) is 5.69 Å². The van der Waals surface area contributed by atoms with E-state index < -0.39 is 0 Å². The van der Waals surface area contributed by atoms with Crippen molar-refractivity contribution in [3.8, 4) is 0 Å². The molecule has 2 saturated heterocycles. The molecule has 2 aromatic carbocycles. The van der Waals surface area contributed by atoms with Crippen molar-refractivity contribution < 1.29 is 4.79 Å². The average Bonchev–Trinajstić information content (AvgIpc) is 2.80. The standard InChI is InChI=1S/C26H35N5O.HI/c1-20(32)29-24-12-6-10-22(16-24)17-28-26(27-2)31-15-13-25-23(19-31)11-7-14-30(25)18-21-8-4-3-5-9-21;/h3-6,8-10,12,16,23,25H,7,11,13-15,17-19H2,1-2H3,(H,27,28)(H,29,32);1H. The molecule has 1 amide bonds. The molecule has 4 rings (SSSR count). The maximum absolute atomic E-state index is 11.3. The Morgan fingerprint density at radius 3 is 2.61 bits per heavy atom. The van der Waals surface area contributed by atoms with Crippen LogP contribution in [0.15, 0.2) is 59.6 Å². The van der Waals surface area contributed by atoms with Gasteiger partial charge in [-0.25, -0.2) is 0 Å². The summed E-state index contributed by atoms with van der Waals surface area (Å²) >= 11 is 0. The van der Waals surface area contributed by atoms with E-state index in [-0.39, 0.29) is 29.9 Å². The lowest BCUT2D eigenvalue weighted by Crippen LogP contribution is -2.56. The van der Waals surface area contributed by atoms with Crippen LogP contribution in [0.3, 0.4) is 0 Å². The lowest BCUT2D eigenvalue weighted by atomic mass is 9.83. The quantitative estimate of drug-likeness (QED) is 0.325. The Morgan fingerprint density at radius 1 is 1.06 bits per heavy atom. The molecule has 0 aliphatic carbocycles. The number of nitrogens with one attached hydrogen (secondary N) is 2. The fourth-order valence-electron chi connectivity index (χ4n) is 5.19. The number of anilines is 1. The molecule has 2 aromatic rings. The Kier molecular flexibility index (Phi) is 9.55. The van der Waals surface area contributed by atoms with Crippen LogP contribution in [-0.4, -0.2) is 54.4 Å². The molecule has 7 heteroatoms. The topological polar surface area (TPSA) is 60.0 Å². The van der Waals surface area contributed by atoms with Gasteiger partial charge in [-0.05, 0) is 55.0 Å². The smallest absolute Gasteiger partial charge is 0.221 e. The molecule has 2 atom stereocenters. The molecule has 178 valence electrons. The zero-order valence-corrected chi connectivity index (χ0v) is 22.0. The van der Waals surface area contributed by atoms with Crippen molar-refractivity contribution in [3.63, 3.8) is 0 Å². The monoisotopic (exact) mass is 561 g/mol. The number of rotatable bonds is 5. The molecule has 2 fully saturated rings. The van der Waals surface area contributed by atoms with Gasteiger partial charge in [-0.2, -0.15) is 0 Å². The van der Waals surface area contributed by atoms with Crippen LogP contribution in [-0.2, 0) is 17.9 Å². The molecule has 0 spiro atoms. The molecular weight excluding hydrogens is 525 g/mol. The summed E-state index contributed by atoms with van der Waals surface area (Å²) in [5.74, 6) is 1.60. The number of hydrogen-bond acceptors (Lipinski definition) is 3. The Balaban J connectivity index is 0.00000306. The molecule has 0 saturated carbocycles. The van der Waals surface area contributed by atoms with Gasteiger partial charge in [0.25, 0.3) is 0 Å². The SMILES string of the molecule is CN=C(NCc1cccc(NC(C)=O)c1)N1CCC2C(CCCN2Cc2ccccc2)C1.I. The molecule has 2 aliphatic rings. The van der Waals surface area contributed by atoms with Crippen LogP contribution < -0.4 is 10.6 Å². The number of carbonyl (C=O) groups is 1. The summed E-state index contributed by atoms with van der Waals surface area (Å²) in [6.45, 7) is 6.56. The van der Waals surface area contributed by atoms with Gasteiger partial charge >= 0.3 is 0 Å². The first-order valence-electron chi connectivity index (χ1n) is 11.7. The van der Waals surface area contributed by atoms with E-state index >= 15 is 0 Å². The van der Waals surface area contributed by atoms with E-state index in [1.807, 2.05) is 25.2 Å². The first-order valence-corrected chi connectivity index (χ1v) is 11.7. The summed E-state index contributed by atoms with van der Waals surface area (Å²) in [6.07, 6.45) is 3.74. The fourth-order valence-corrected chi connectivity index (χ4v) is 5.19. The molecule has 2 aliphatic heterocycles. The molecule has 2 heterocycles. The summed E-state index contributed by atoms with van der Waals surface area (Å²) in [5.41, 5.74) is 3.36. The van der Waals surface area contributed by atoms with Gasteiger partial charge in [-0.15, -0.1) is 24.0 Å². The highest BCUT2D eigenvalue weighted by Gasteiger charge is 2.36. The molecule has 33 heavy (non-hydrogen) atoms. The maximum Gasteiger partial charge on any atom is 0.221 e. The van der Waals surface area contributed by atoms with Crippen LogP contribution in [0.2, 0.25) is 0 Å². The second kappa shape index (κ2) is 12.4. The predicted octanol–water partition coefficient (Wildman–Crippen LogP) is 4.32. The van der Waals surface area contributed by atoms with Crippen LogP contribution in [0.1, 0.15) is 37.3 Å². The summed E-state index contributed by atoms with van der Waals surface area (Å²) in [5, 5.41) is 6.38. The number of halogens is 1. The van der Waals surface area contributed by atoms with Crippen molar-refractivity contribution in [2.75, 3.05) is 32.0 Å². The predicted molar refractivity (Wildman–Crippen MR) is 146 cm³/mol. The Hall–Kier alpha value is -2.13. The maximum atomic E-state index is 11.3. The minimum absolute atomic E-state index is 0. The Morgan fingerprint density at radius 2 is 1.85 bits per heavy atom. The van der Waals surface area contributed by atoms with Gasteiger partial charge < -0.3 is 15.5 Å². The van der Waals surface area contributed by atoms with Crippen molar-refractivity contribution in [3.05, 3.63) is 65.7 Å². The Labute approximate surface area is 214 Å². The van der Waals surface area contributed by atoms with Crippen LogP contribution >= 0.6 is 24.0 Å². The Bertz CT molecular complexity index is 935. The lowest BCUT2D eigenvalue weighted by molar-refractivity contribution is -0.114. The third-order valence-electron chi connectivity index (χ3n) is 6.62. The van der Waals surface area contributed by atoms with E-state index in [2.05, 4.69) is 61.8 Å². The van der Waals surface area contributed by atoms with E-state index in [0.29, 0.717) is 18.5 Å². The molecule has 0 bridgehead atoms. The van der Waals surface area contributed by atoms with E-state index in [0.717, 1.165) is 36.8 Å². The number of guanidine groups is 1. The molecule has 6 nitrogen and oxygen atoms in total. The first-order chi connectivity index (χ1) is 15.6.